The molecule has 1 aromatic carbocycles. The number of hydrogen-bond acceptors (Lipinski definition) is 0. The minimum atomic E-state index is -0.0700. The van der Waals surface area contributed by atoms with Crippen LogP contribution in [0.15, 0.2) is 24.3 Å². The van der Waals surface area contributed by atoms with Gasteiger partial charge >= 0.3 is 0 Å². The lowest BCUT2D eigenvalue weighted by molar-refractivity contribution is 0.423. The summed E-state index contributed by atoms with van der Waals surface area (Å²) in [6.07, 6.45) is 2.22. The van der Waals surface area contributed by atoms with Crippen LogP contribution >= 0.6 is 23.2 Å². The maximum Gasteiger partial charge on any atom is 0.0332 e. The summed E-state index contributed by atoms with van der Waals surface area (Å²) in [7, 11) is 0. The van der Waals surface area contributed by atoms with E-state index in [1.165, 1.54) is 11.1 Å². The van der Waals surface area contributed by atoms with Crippen molar-refractivity contribution in [3.63, 3.8) is 0 Å². The van der Waals surface area contributed by atoms with Crippen molar-refractivity contribution in [1.29, 1.82) is 0 Å². The molecule has 0 aliphatic carbocycles. The first-order valence-corrected chi connectivity index (χ1v) is 7.30. The first-order chi connectivity index (χ1) is 8.04. The van der Waals surface area contributed by atoms with Crippen molar-refractivity contribution in [3.05, 3.63) is 35.4 Å². The summed E-state index contributed by atoms with van der Waals surface area (Å²) in [5.74, 6) is 1.87. The molecule has 2 heteroatoms. The van der Waals surface area contributed by atoms with E-state index in [1.807, 2.05) is 0 Å². The molecule has 0 atom stereocenters. The molecule has 17 heavy (non-hydrogen) atoms. The van der Waals surface area contributed by atoms with Gasteiger partial charge in [-0.25, -0.2) is 0 Å². The van der Waals surface area contributed by atoms with Crippen molar-refractivity contribution in [1.82, 2.24) is 0 Å². The zero-order valence-electron chi connectivity index (χ0n) is 11.0. The molecule has 96 valence electrons. The molecule has 0 aromatic heterocycles. The molecule has 1 aromatic rings. The van der Waals surface area contributed by atoms with E-state index in [9.17, 15) is 0 Å². The average molecular weight is 273 g/mol. The zero-order chi connectivity index (χ0) is 12.9. The van der Waals surface area contributed by atoms with Gasteiger partial charge in [0.15, 0.2) is 0 Å². The van der Waals surface area contributed by atoms with Gasteiger partial charge in [-0.1, -0.05) is 50.1 Å². The molecular formula is C15H22Cl2. The fraction of sp³-hybridized carbons (Fsp3) is 0.600. The van der Waals surface area contributed by atoms with Gasteiger partial charge in [-0.05, 0) is 24.8 Å². The van der Waals surface area contributed by atoms with Gasteiger partial charge in [0.05, 0.1) is 0 Å². The molecule has 0 nitrogen and oxygen atoms in total. The first kappa shape index (κ1) is 14.9. The van der Waals surface area contributed by atoms with E-state index in [-0.39, 0.29) is 5.41 Å². The maximum atomic E-state index is 6.21. The van der Waals surface area contributed by atoms with Crippen LogP contribution in [0.4, 0.5) is 0 Å². The van der Waals surface area contributed by atoms with Crippen LogP contribution in [0.25, 0.3) is 0 Å². The Morgan fingerprint density at radius 2 is 1.82 bits per heavy atom. The van der Waals surface area contributed by atoms with Gasteiger partial charge in [0.2, 0.25) is 0 Å². The van der Waals surface area contributed by atoms with E-state index < -0.39 is 0 Å². The van der Waals surface area contributed by atoms with Gasteiger partial charge in [-0.3, -0.25) is 0 Å². The fourth-order valence-electron chi connectivity index (χ4n) is 2.01. The molecule has 0 amide bonds. The number of aryl methyl sites for hydroxylation is 1. The van der Waals surface area contributed by atoms with Crippen molar-refractivity contribution >= 4 is 23.2 Å². The van der Waals surface area contributed by atoms with Crippen LogP contribution in [0.1, 0.15) is 37.8 Å². The van der Waals surface area contributed by atoms with Crippen molar-refractivity contribution in [3.8, 4) is 0 Å². The molecule has 0 heterocycles. The van der Waals surface area contributed by atoms with Crippen LogP contribution in [0.3, 0.4) is 0 Å². The lowest BCUT2D eigenvalue weighted by atomic mass is 9.78. The number of benzene rings is 1. The number of halogens is 2. The summed E-state index contributed by atoms with van der Waals surface area (Å²) >= 11 is 12.4. The van der Waals surface area contributed by atoms with Crippen molar-refractivity contribution in [2.24, 2.45) is 5.92 Å². The summed E-state index contributed by atoms with van der Waals surface area (Å²) < 4.78 is 0. The maximum absolute atomic E-state index is 6.21. The van der Waals surface area contributed by atoms with E-state index in [0.717, 1.165) is 12.8 Å². The standard InChI is InChI=1S/C15H22Cl2/c1-12(2)7-8-15(10-16,11-17)14-6-4-5-13(3)9-14/h4-6,9,12H,7-8,10-11H2,1-3H3. The molecule has 0 saturated carbocycles. The molecule has 0 fully saturated rings. The van der Waals surface area contributed by atoms with E-state index in [4.69, 9.17) is 23.2 Å². The molecule has 0 unspecified atom stereocenters. The fourth-order valence-corrected chi connectivity index (χ4v) is 2.87. The van der Waals surface area contributed by atoms with E-state index in [2.05, 4.69) is 45.0 Å². The third-order valence-electron chi connectivity index (χ3n) is 3.34. The van der Waals surface area contributed by atoms with Crippen LogP contribution in [0.2, 0.25) is 0 Å². The minimum absolute atomic E-state index is 0.0700. The smallest absolute Gasteiger partial charge is 0.0332 e. The first-order valence-electron chi connectivity index (χ1n) is 6.23. The Kier molecular flexibility index (Phi) is 5.82. The highest BCUT2D eigenvalue weighted by Crippen LogP contribution is 2.34. The summed E-state index contributed by atoms with van der Waals surface area (Å²) in [6, 6.07) is 8.57. The Labute approximate surface area is 115 Å². The van der Waals surface area contributed by atoms with E-state index in [0.29, 0.717) is 17.7 Å². The summed E-state index contributed by atoms with van der Waals surface area (Å²) in [5, 5.41) is 0. The summed E-state index contributed by atoms with van der Waals surface area (Å²) in [5.41, 5.74) is 2.48. The highest BCUT2D eigenvalue weighted by Gasteiger charge is 2.30. The summed E-state index contributed by atoms with van der Waals surface area (Å²) in [4.78, 5) is 0. The van der Waals surface area contributed by atoms with Crippen LogP contribution in [-0.4, -0.2) is 11.8 Å². The second-order valence-corrected chi connectivity index (χ2v) is 5.88. The van der Waals surface area contributed by atoms with Crippen molar-refractivity contribution in [2.45, 2.75) is 39.0 Å². The molecule has 1 rings (SSSR count). The number of rotatable bonds is 6. The minimum Gasteiger partial charge on any atom is -0.126 e. The number of hydrogen-bond donors (Lipinski definition) is 0. The predicted octanol–water partition coefficient (Wildman–Crippen LogP) is 5.15. The van der Waals surface area contributed by atoms with Crippen LogP contribution in [0.5, 0.6) is 0 Å². The quantitative estimate of drug-likeness (QED) is 0.629. The highest BCUT2D eigenvalue weighted by atomic mass is 35.5. The molecule has 0 radical (unpaired) electrons. The molecule has 0 N–H and O–H groups in total. The summed E-state index contributed by atoms with van der Waals surface area (Å²) in [6.45, 7) is 6.59. The predicted molar refractivity (Wildman–Crippen MR) is 78.4 cm³/mol. The molecule has 0 spiro atoms. The van der Waals surface area contributed by atoms with Crippen molar-refractivity contribution in [2.75, 3.05) is 11.8 Å². The monoisotopic (exact) mass is 272 g/mol. The van der Waals surface area contributed by atoms with Gasteiger partial charge in [-0.2, -0.15) is 0 Å². The second-order valence-electron chi connectivity index (χ2n) is 5.35. The normalized spacial score (nSPS) is 12.1. The van der Waals surface area contributed by atoms with Crippen molar-refractivity contribution < 1.29 is 0 Å². The lowest BCUT2D eigenvalue weighted by Gasteiger charge is -2.31. The number of alkyl halides is 2. The third kappa shape index (κ3) is 3.89. The molecular weight excluding hydrogens is 251 g/mol. The SMILES string of the molecule is Cc1cccc(C(CCl)(CCl)CCC(C)C)c1. The Morgan fingerprint density at radius 1 is 1.18 bits per heavy atom. The van der Waals surface area contributed by atoms with Crippen LogP contribution in [-0.2, 0) is 5.41 Å². The average Bonchev–Trinajstić information content (AvgIpc) is 2.31. The Bertz CT molecular complexity index is 341. The topological polar surface area (TPSA) is 0 Å². The zero-order valence-corrected chi connectivity index (χ0v) is 12.5. The third-order valence-corrected chi connectivity index (χ3v) is 4.37. The van der Waals surface area contributed by atoms with Gasteiger partial charge in [0.1, 0.15) is 0 Å². The Balaban J connectivity index is 2.97. The van der Waals surface area contributed by atoms with Crippen LogP contribution < -0.4 is 0 Å². The molecule has 0 saturated heterocycles. The molecule has 0 bridgehead atoms. The Hall–Kier alpha value is -0.200. The lowest BCUT2D eigenvalue weighted by Crippen LogP contribution is -2.31. The van der Waals surface area contributed by atoms with E-state index >= 15 is 0 Å². The largest absolute Gasteiger partial charge is 0.126 e. The van der Waals surface area contributed by atoms with Gasteiger partial charge in [0, 0.05) is 17.2 Å². The van der Waals surface area contributed by atoms with Gasteiger partial charge < -0.3 is 0 Å². The molecule has 0 aliphatic rings. The van der Waals surface area contributed by atoms with Gasteiger partial charge in [-0.15, -0.1) is 23.2 Å². The van der Waals surface area contributed by atoms with E-state index in [1.54, 1.807) is 0 Å². The van der Waals surface area contributed by atoms with Crippen LogP contribution in [0, 0.1) is 12.8 Å². The van der Waals surface area contributed by atoms with Gasteiger partial charge in [0.25, 0.3) is 0 Å². The Morgan fingerprint density at radius 3 is 2.29 bits per heavy atom. The molecule has 0 aliphatic heterocycles. The second kappa shape index (κ2) is 6.66. The highest BCUT2D eigenvalue weighted by molar-refractivity contribution is 6.22.